The summed E-state index contributed by atoms with van der Waals surface area (Å²) in [6.45, 7) is 2.15. The fourth-order valence-corrected chi connectivity index (χ4v) is 3.30. The molecule has 3 N–H and O–H groups in total. The molecule has 0 saturated carbocycles. The lowest BCUT2D eigenvalue weighted by molar-refractivity contribution is -0.119. The molecular weight excluding hydrogens is 376 g/mol. The normalized spacial score (nSPS) is 11.8. The van der Waals surface area contributed by atoms with Crippen LogP contribution in [0.5, 0.6) is 0 Å². The summed E-state index contributed by atoms with van der Waals surface area (Å²) in [5.41, 5.74) is 8.13. The molecule has 144 valence electrons. The van der Waals surface area contributed by atoms with Crippen LogP contribution in [0.1, 0.15) is 27.2 Å². The Morgan fingerprint density at radius 1 is 1.07 bits per heavy atom. The first-order chi connectivity index (χ1) is 13.5. The van der Waals surface area contributed by atoms with Crippen molar-refractivity contribution in [1.29, 1.82) is 0 Å². The summed E-state index contributed by atoms with van der Waals surface area (Å²) in [4.78, 5) is 24.6. The highest BCUT2D eigenvalue weighted by Gasteiger charge is 2.25. The number of carbonyl (C=O) groups excluding carboxylic acids is 2. The van der Waals surface area contributed by atoms with Crippen LogP contribution >= 0.6 is 11.6 Å². The van der Waals surface area contributed by atoms with Crippen LogP contribution in [0.2, 0.25) is 5.15 Å². The third kappa shape index (κ3) is 4.58. The number of benzene rings is 2. The van der Waals surface area contributed by atoms with E-state index in [-0.39, 0.29) is 10.7 Å². The number of halogens is 1. The van der Waals surface area contributed by atoms with Gasteiger partial charge in [-0.05, 0) is 18.1 Å². The van der Waals surface area contributed by atoms with Crippen LogP contribution in [0.3, 0.4) is 0 Å². The molecule has 28 heavy (non-hydrogen) atoms. The first kappa shape index (κ1) is 19.6. The Bertz CT molecular complexity index is 971. The Labute approximate surface area is 168 Å². The van der Waals surface area contributed by atoms with Gasteiger partial charge in [-0.2, -0.15) is 5.10 Å². The van der Waals surface area contributed by atoms with Crippen LogP contribution in [-0.4, -0.2) is 27.6 Å². The minimum absolute atomic E-state index is 0.224. The molecule has 2 aromatic carbocycles. The molecule has 0 bridgehead atoms. The zero-order valence-electron chi connectivity index (χ0n) is 15.4. The number of hydrogen-bond acceptors (Lipinski definition) is 3. The number of primary amides is 1. The van der Waals surface area contributed by atoms with Gasteiger partial charge in [0, 0.05) is 6.42 Å². The molecule has 0 spiro atoms. The van der Waals surface area contributed by atoms with E-state index in [2.05, 4.69) is 10.4 Å². The van der Waals surface area contributed by atoms with Crippen LogP contribution in [-0.2, 0) is 17.8 Å². The molecule has 0 fully saturated rings. The van der Waals surface area contributed by atoms with Crippen LogP contribution < -0.4 is 11.1 Å². The number of amides is 2. The molecule has 1 atom stereocenters. The molecule has 3 aromatic rings. The van der Waals surface area contributed by atoms with Gasteiger partial charge in [0.25, 0.3) is 5.91 Å². The second kappa shape index (κ2) is 8.71. The zero-order chi connectivity index (χ0) is 20.1. The molecule has 1 aromatic heterocycles. The number of nitrogens with one attached hydrogen (secondary N) is 1. The SMILES string of the molecule is Cc1nn(Cc2ccccc2)c(Cl)c1C(=O)NC(Cc1ccccc1)C(N)=O. The van der Waals surface area contributed by atoms with Gasteiger partial charge in [0.1, 0.15) is 11.2 Å². The molecule has 6 nitrogen and oxygen atoms in total. The van der Waals surface area contributed by atoms with E-state index in [1.54, 1.807) is 11.6 Å². The summed E-state index contributed by atoms with van der Waals surface area (Å²) in [6, 6.07) is 18.2. The summed E-state index contributed by atoms with van der Waals surface area (Å²) >= 11 is 6.42. The number of carbonyl (C=O) groups is 2. The third-order valence-electron chi connectivity index (χ3n) is 4.40. The van der Waals surface area contributed by atoms with Gasteiger partial charge in [0.15, 0.2) is 0 Å². The molecule has 3 rings (SSSR count). The van der Waals surface area contributed by atoms with Crippen molar-refractivity contribution in [2.45, 2.75) is 25.9 Å². The molecule has 0 saturated heterocycles. The minimum Gasteiger partial charge on any atom is -0.368 e. The summed E-state index contributed by atoms with van der Waals surface area (Å²) in [5, 5.41) is 7.28. The Morgan fingerprint density at radius 3 is 2.21 bits per heavy atom. The van der Waals surface area contributed by atoms with Crippen molar-refractivity contribution in [2.24, 2.45) is 5.73 Å². The molecular formula is C21H21ClN4O2. The third-order valence-corrected chi connectivity index (χ3v) is 4.78. The molecule has 1 unspecified atom stereocenters. The lowest BCUT2D eigenvalue weighted by Gasteiger charge is -2.15. The van der Waals surface area contributed by atoms with Gasteiger partial charge < -0.3 is 11.1 Å². The number of nitrogens with two attached hydrogens (primary N) is 1. The van der Waals surface area contributed by atoms with E-state index in [0.717, 1.165) is 11.1 Å². The lowest BCUT2D eigenvalue weighted by Crippen LogP contribution is -2.46. The Kier molecular flexibility index (Phi) is 6.11. The van der Waals surface area contributed by atoms with Gasteiger partial charge in [-0.3, -0.25) is 9.59 Å². The van der Waals surface area contributed by atoms with Gasteiger partial charge in [0.05, 0.1) is 17.8 Å². The largest absolute Gasteiger partial charge is 0.368 e. The monoisotopic (exact) mass is 396 g/mol. The topological polar surface area (TPSA) is 90.0 Å². The Hall–Kier alpha value is -3.12. The van der Waals surface area contributed by atoms with Crippen LogP contribution in [0.25, 0.3) is 0 Å². The van der Waals surface area contributed by atoms with Crippen molar-refractivity contribution in [3.8, 4) is 0 Å². The molecule has 2 amide bonds. The second-order valence-electron chi connectivity index (χ2n) is 6.51. The first-order valence-corrected chi connectivity index (χ1v) is 9.24. The van der Waals surface area contributed by atoms with Crippen molar-refractivity contribution in [2.75, 3.05) is 0 Å². The maximum absolute atomic E-state index is 12.8. The highest BCUT2D eigenvalue weighted by Crippen LogP contribution is 2.21. The van der Waals surface area contributed by atoms with E-state index in [4.69, 9.17) is 17.3 Å². The molecule has 0 aliphatic carbocycles. The van der Waals surface area contributed by atoms with Gasteiger partial charge in [-0.1, -0.05) is 72.3 Å². The van der Waals surface area contributed by atoms with Crippen molar-refractivity contribution < 1.29 is 9.59 Å². The zero-order valence-corrected chi connectivity index (χ0v) is 16.2. The van der Waals surface area contributed by atoms with Crippen molar-refractivity contribution >= 4 is 23.4 Å². The summed E-state index contributed by atoms with van der Waals surface area (Å²) < 4.78 is 1.57. The lowest BCUT2D eigenvalue weighted by atomic mass is 10.1. The highest BCUT2D eigenvalue weighted by molar-refractivity contribution is 6.33. The van der Waals surface area contributed by atoms with Crippen molar-refractivity contribution in [3.63, 3.8) is 0 Å². The van der Waals surface area contributed by atoms with E-state index in [1.165, 1.54) is 0 Å². The predicted octanol–water partition coefficient (Wildman–Crippen LogP) is 2.72. The molecule has 1 heterocycles. The van der Waals surface area contributed by atoms with E-state index in [9.17, 15) is 9.59 Å². The number of rotatable bonds is 7. The van der Waals surface area contributed by atoms with Gasteiger partial charge >= 0.3 is 0 Å². The molecule has 0 aliphatic heterocycles. The maximum Gasteiger partial charge on any atom is 0.256 e. The van der Waals surface area contributed by atoms with E-state index in [0.29, 0.717) is 18.7 Å². The molecule has 0 radical (unpaired) electrons. The number of nitrogens with zero attached hydrogens (tertiary/aromatic N) is 2. The highest BCUT2D eigenvalue weighted by atomic mass is 35.5. The fourth-order valence-electron chi connectivity index (χ4n) is 2.98. The van der Waals surface area contributed by atoms with Crippen LogP contribution in [0, 0.1) is 6.92 Å². The predicted molar refractivity (Wildman–Crippen MR) is 108 cm³/mol. The quantitative estimate of drug-likeness (QED) is 0.643. The molecule has 7 heteroatoms. The van der Waals surface area contributed by atoms with Crippen molar-refractivity contribution in [1.82, 2.24) is 15.1 Å². The van der Waals surface area contributed by atoms with Crippen LogP contribution in [0.15, 0.2) is 60.7 Å². The standard InChI is InChI=1S/C21H21ClN4O2/c1-14-18(19(22)26(25-14)13-16-10-6-3-7-11-16)21(28)24-17(20(23)27)12-15-8-4-2-5-9-15/h2-11,17H,12-13H2,1H3,(H2,23,27)(H,24,28). The summed E-state index contributed by atoms with van der Waals surface area (Å²) in [5.74, 6) is -1.08. The second-order valence-corrected chi connectivity index (χ2v) is 6.87. The van der Waals surface area contributed by atoms with Gasteiger partial charge in [0.2, 0.25) is 5.91 Å². The van der Waals surface area contributed by atoms with E-state index >= 15 is 0 Å². The van der Waals surface area contributed by atoms with Crippen molar-refractivity contribution in [3.05, 3.63) is 88.2 Å². The Morgan fingerprint density at radius 2 is 1.64 bits per heavy atom. The summed E-state index contributed by atoms with van der Waals surface area (Å²) in [6.07, 6.45) is 0.302. The smallest absolute Gasteiger partial charge is 0.256 e. The maximum atomic E-state index is 12.8. The van der Waals surface area contributed by atoms with Gasteiger partial charge in [-0.25, -0.2) is 4.68 Å². The average molecular weight is 397 g/mol. The van der Waals surface area contributed by atoms with E-state index < -0.39 is 17.9 Å². The van der Waals surface area contributed by atoms with Crippen LogP contribution in [0.4, 0.5) is 0 Å². The number of aromatic nitrogens is 2. The fraction of sp³-hybridized carbons (Fsp3) is 0.190. The average Bonchev–Trinajstić information content (AvgIpc) is 2.96. The number of hydrogen-bond donors (Lipinski definition) is 2. The van der Waals surface area contributed by atoms with E-state index in [1.807, 2.05) is 60.7 Å². The first-order valence-electron chi connectivity index (χ1n) is 8.86. The van der Waals surface area contributed by atoms with Gasteiger partial charge in [-0.15, -0.1) is 0 Å². The Balaban J connectivity index is 1.78. The number of aryl methyl sites for hydroxylation is 1. The summed E-state index contributed by atoms with van der Waals surface area (Å²) in [7, 11) is 0. The molecule has 0 aliphatic rings. The minimum atomic E-state index is -0.845.